The molecule has 1 aliphatic rings. The van der Waals surface area contributed by atoms with Gasteiger partial charge in [0.1, 0.15) is 6.04 Å². The summed E-state index contributed by atoms with van der Waals surface area (Å²) in [6, 6.07) is 1.60. The molecule has 1 aromatic rings. The lowest BCUT2D eigenvalue weighted by Crippen LogP contribution is -2.57. The molecule has 0 aliphatic carbocycles. The standard InChI is InChI=1S/C13H21N5O/c1-8(2)10-6-9(3)16-13(17-10)18-5-4-15-7-11(18)12(14)19/h6,8,11,15H,4-5,7H2,1-3H3,(H2,14,19). The van der Waals surface area contributed by atoms with Crippen LogP contribution in [0.4, 0.5) is 5.95 Å². The lowest BCUT2D eigenvalue weighted by molar-refractivity contribution is -0.119. The molecule has 1 aromatic heterocycles. The maximum atomic E-state index is 11.5. The molecule has 0 aromatic carbocycles. The summed E-state index contributed by atoms with van der Waals surface area (Å²) in [5.74, 6) is 0.591. The van der Waals surface area contributed by atoms with Gasteiger partial charge in [-0.15, -0.1) is 0 Å². The van der Waals surface area contributed by atoms with Crippen LogP contribution in [-0.2, 0) is 4.79 Å². The number of hydrogen-bond donors (Lipinski definition) is 2. The molecule has 0 bridgehead atoms. The Labute approximate surface area is 113 Å². The molecule has 104 valence electrons. The Bertz CT molecular complexity index is 474. The summed E-state index contributed by atoms with van der Waals surface area (Å²) in [4.78, 5) is 22.4. The molecule has 0 spiro atoms. The van der Waals surface area contributed by atoms with E-state index in [1.165, 1.54) is 0 Å². The first kappa shape index (κ1) is 13.7. The number of aryl methyl sites for hydroxylation is 1. The summed E-state index contributed by atoms with van der Waals surface area (Å²) < 4.78 is 0. The van der Waals surface area contributed by atoms with Crippen LogP contribution < -0.4 is 16.0 Å². The molecule has 1 fully saturated rings. The van der Waals surface area contributed by atoms with Gasteiger partial charge in [0.05, 0.1) is 0 Å². The number of hydrogen-bond acceptors (Lipinski definition) is 5. The Morgan fingerprint density at radius 2 is 2.26 bits per heavy atom. The van der Waals surface area contributed by atoms with E-state index in [1.807, 2.05) is 17.9 Å². The Morgan fingerprint density at radius 3 is 2.89 bits per heavy atom. The van der Waals surface area contributed by atoms with Crippen LogP contribution in [0.5, 0.6) is 0 Å². The van der Waals surface area contributed by atoms with Crippen LogP contribution in [0.2, 0.25) is 0 Å². The molecule has 1 saturated heterocycles. The number of nitrogens with two attached hydrogens (primary N) is 1. The Kier molecular flexibility index (Phi) is 3.99. The van der Waals surface area contributed by atoms with Crippen LogP contribution in [0.3, 0.4) is 0 Å². The molecule has 6 heteroatoms. The molecule has 1 amide bonds. The number of nitrogens with one attached hydrogen (secondary N) is 1. The average molecular weight is 263 g/mol. The maximum Gasteiger partial charge on any atom is 0.241 e. The lowest BCUT2D eigenvalue weighted by atomic mass is 10.1. The van der Waals surface area contributed by atoms with Gasteiger partial charge in [-0.25, -0.2) is 9.97 Å². The van der Waals surface area contributed by atoms with Crippen molar-refractivity contribution in [2.24, 2.45) is 5.73 Å². The Morgan fingerprint density at radius 1 is 1.53 bits per heavy atom. The van der Waals surface area contributed by atoms with Crippen molar-refractivity contribution in [1.29, 1.82) is 0 Å². The van der Waals surface area contributed by atoms with Crippen molar-refractivity contribution in [3.8, 4) is 0 Å². The van der Waals surface area contributed by atoms with Crippen molar-refractivity contribution in [2.75, 3.05) is 24.5 Å². The number of carbonyl (C=O) groups is 1. The third kappa shape index (κ3) is 3.01. The van der Waals surface area contributed by atoms with Crippen LogP contribution in [0.1, 0.15) is 31.2 Å². The summed E-state index contributed by atoms with van der Waals surface area (Å²) in [6.45, 7) is 8.17. The van der Waals surface area contributed by atoms with Crippen molar-refractivity contribution < 1.29 is 4.79 Å². The number of aromatic nitrogens is 2. The number of primary amides is 1. The summed E-state index contributed by atoms with van der Waals surface area (Å²) in [5, 5.41) is 3.17. The second kappa shape index (κ2) is 5.52. The molecule has 0 radical (unpaired) electrons. The predicted molar refractivity (Wildman–Crippen MR) is 74.1 cm³/mol. The molecule has 19 heavy (non-hydrogen) atoms. The smallest absolute Gasteiger partial charge is 0.241 e. The van der Waals surface area contributed by atoms with Gasteiger partial charge in [0.2, 0.25) is 11.9 Å². The first-order valence-electron chi connectivity index (χ1n) is 6.61. The van der Waals surface area contributed by atoms with E-state index in [0.29, 0.717) is 25.0 Å². The SMILES string of the molecule is Cc1cc(C(C)C)nc(N2CCNCC2C(N)=O)n1. The summed E-state index contributed by atoms with van der Waals surface area (Å²) in [7, 11) is 0. The van der Waals surface area contributed by atoms with E-state index in [-0.39, 0.29) is 11.9 Å². The molecule has 1 atom stereocenters. The molecule has 6 nitrogen and oxygen atoms in total. The fourth-order valence-electron chi connectivity index (χ4n) is 2.20. The van der Waals surface area contributed by atoms with E-state index in [0.717, 1.165) is 17.9 Å². The van der Waals surface area contributed by atoms with E-state index in [9.17, 15) is 4.79 Å². The van der Waals surface area contributed by atoms with E-state index < -0.39 is 0 Å². The predicted octanol–water partition coefficient (Wildman–Crippen LogP) is 0.172. The van der Waals surface area contributed by atoms with Crippen molar-refractivity contribution in [3.63, 3.8) is 0 Å². The van der Waals surface area contributed by atoms with E-state index in [2.05, 4.69) is 29.1 Å². The fraction of sp³-hybridized carbons (Fsp3) is 0.615. The van der Waals surface area contributed by atoms with Gasteiger partial charge >= 0.3 is 0 Å². The molecule has 2 heterocycles. The molecule has 1 unspecified atom stereocenters. The van der Waals surface area contributed by atoms with Gasteiger partial charge in [-0.3, -0.25) is 4.79 Å². The third-order valence-corrected chi connectivity index (χ3v) is 3.28. The molecule has 0 saturated carbocycles. The van der Waals surface area contributed by atoms with Crippen LogP contribution in [-0.4, -0.2) is 41.6 Å². The number of carbonyl (C=O) groups excluding carboxylic acids is 1. The zero-order chi connectivity index (χ0) is 14.0. The number of anilines is 1. The van der Waals surface area contributed by atoms with Gasteiger partial charge in [-0.1, -0.05) is 13.8 Å². The van der Waals surface area contributed by atoms with Crippen LogP contribution in [0.25, 0.3) is 0 Å². The summed E-state index contributed by atoms with van der Waals surface area (Å²) in [5.41, 5.74) is 7.36. The topological polar surface area (TPSA) is 84.1 Å². The van der Waals surface area contributed by atoms with Crippen LogP contribution >= 0.6 is 0 Å². The van der Waals surface area contributed by atoms with Crippen molar-refractivity contribution in [3.05, 3.63) is 17.5 Å². The largest absolute Gasteiger partial charge is 0.368 e. The van der Waals surface area contributed by atoms with Gasteiger partial charge in [-0.05, 0) is 18.9 Å². The average Bonchev–Trinajstić information content (AvgIpc) is 2.37. The van der Waals surface area contributed by atoms with Gasteiger partial charge in [0.15, 0.2) is 0 Å². The minimum absolute atomic E-state index is 0.329. The molecule has 3 N–H and O–H groups in total. The monoisotopic (exact) mass is 263 g/mol. The van der Waals surface area contributed by atoms with Crippen molar-refractivity contribution >= 4 is 11.9 Å². The Hall–Kier alpha value is -1.69. The highest BCUT2D eigenvalue weighted by atomic mass is 16.1. The zero-order valence-electron chi connectivity index (χ0n) is 11.7. The summed E-state index contributed by atoms with van der Waals surface area (Å²) in [6.07, 6.45) is 0. The van der Waals surface area contributed by atoms with E-state index >= 15 is 0 Å². The van der Waals surface area contributed by atoms with Crippen molar-refractivity contribution in [1.82, 2.24) is 15.3 Å². The lowest BCUT2D eigenvalue weighted by Gasteiger charge is -2.34. The number of amides is 1. The number of rotatable bonds is 3. The highest BCUT2D eigenvalue weighted by Crippen LogP contribution is 2.19. The minimum atomic E-state index is -0.379. The number of nitrogens with zero attached hydrogens (tertiary/aromatic N) is 3. The zero-order valence-corrected chi connectivity index (χ0v) is 11.7. The highest BCUT2D eigenvalue weighted by Gasteiger charge is 2.29. The first-order valence-corrected chi connectivity index (χ1v) is 6.61. The van der Waals surface area contributed by atoms with Gasteiger partial charge in [0, 0.05) is 31.0 Å². The second-order valence-electron chi connectivity index (χ2n) is 5.20. The second-order valence-corrected chi connectivity index (χ2v) is 5.20. The molecular formula is C13H21N5O. The summed E-state index contributed by atoms with van der Waals surface area (Å²) >= 11 is 0. The molecule has 2 rings (SSSR count). The Balaban J connectivity index is 2.35. The van der Waals surface area contributed by atoms with E-state index in [4.69, 9.17) is 5.73 Å². The third-order valence-electron chi connectivity index (χ3n) is 3.28. The van der Waals surface area contributed by atoms with Gasteiger partial charge in [-0.2, -0.15) is 0 Å². The van der Waals surface area contributed by atoms with Gasteiger partial charge in [0.25, 0.3) is 0 Å². The van der Waals surface area contributed by atoms with Crippen molar-refractivity contribution in [2.45, 2.75) is 32.7 Å². The van der Waals surface area contributed by atoms with Crippen LogP contribution in [0, 0.1) is 6.92 Å². The number of piperazine rings is 1. The van der Waals surface area contributed by atoms with E-state index in [1.54, 1.807) is 0 Å². The quantitative estimate of drug-likeness (QED) is 0.812. The maximum absolute atomic E-state index is 11.5. The first-order chi connectivity index (χ1) is 8.99. The normalized spacial score (nSPS) is 19.8. The van der Waals surface area contributed by atoms with Crippen LogP contribution in [0.15, 0.2) is 6.07 Å². The van der Waals surface area contributed by atoms with Gasteiger partial charge < -0.3 is 16.0 Å². The molecular weight excluding hydrogens is 242 g/mol. The fourth-order valence-corrected chi connectivity index (χ4v) is 2.20. The molecule has 1 aliphatic heterocycles. The minimum Gasteiger partial charge on any atom is -0.368 e. The highest BCUT2D eigenvalue weighted by molar-refractivity contribution is 5.83.